The van der Waals surface area contributed by atoms with E-state index in [0.717, 1.165) is 0 Å². The predicted octanol–water partition coefficient (Wildman–Crippen LogP) is 5.05. The summed E-state index contributed by atoms with van der Waals surface area (Å²) in [4.78, 5) is 34.3. The number of hydrogen-bond acceptors (Lipinski definition) is 7. The summed E-state index contributed by atoms with van der Waals surface area (Å²) in [6.45, 7) is 6.79. The van der Waals surface area contributed by atoms with Crippen molar-refractivity contribution in [2.45, 2.75) is 39.7 Å². The van der Waals surface area contributed by atoms with E-state index in [9.17, 15) is 19.7 Å². The minimum atomic E-state index is -0.723. The van der Waals surface area contributed by atoms with Crippen molar-refractivity contribution in [1.29, 1.82) is 0 Å². The molecule has 9 nitrogen and oxygen atoms in total. The minimum Gasteiger partial charge on any atom is -0.453 e. The number of benzene rings is 2. The smallest absolute Gasteiger partial charge is 0.412 e. The highest BCUT2D eigenvalue weighted by Gasteiger charge is 2.21. The van der Waals surface area contributed by atoms with Gasteiger partial charge in [0.2, 0.25) is 0 Å². The molecule has 0 heterocycles. The molecular weight excluding hydrogens is 380 g/mol. The molecule has 0 aliphatic heterocycles. The van der Waals surface area contributed by atoms with E-state index in [2.05, 4.69) is 5.32 Å². The number of para-hydroxylation sites is 1. The van der Waals surface area contributed by atoms with Gasteiger partial charge >= 0.3 is 12.1 Å². The van der Waals surface area contributed by atoms with E-state index < -0.39 is 22.6 Å². The first kappa shape index (κ1) is 21.7. The maximum atomic E-state index is 12.1. The normalized spacial score (nSPS) is 10.8. The van der Waals surface area contributed by atoms with Crippen molar-refractivity contribution >= 4 is 23.4 Å². The van der Waals surface area contributed by atoms with Gasteiger partial charge in [0.05, 0.1) is 10.6 Å². The van der Waals surface area contributed by atoms with Gasteiger partial charge in [-0.15, -0.1) is 0 Å². The van der Waals surface area contributed by atoms with Crippen molar-refractivity contribution in [1.82, 2.24) is 0 Å². The first-order chi connectivity index (χ1) is 13.6. The molecule has 0 saturated carbocycles. The van der Waals surface area contributed by atoms with Crippen molar-refractivity contribution in [3.8, 4) is 17.2 Å². The molecule has 0 atom stereocenters. The molecule has 0 aliphatic carbocycles. The predicted molar refractivity (Wildman–Crippen MR) is 105 cm³/mol. The Morgan fingerprint density at radius 3 is 2.31 bits per heavy atom. The van der Waals surface area contributed by atoms with E-state index in [1.807, 2.05) is 0 Å². The lowest BCUT2D eigenvalue weighted by molar-refractivity contribution is -0.384. The number of anilines is 1. The van der Waals surface area contributed by atoms with Crippen LogP contribution in [0.1, 0.15) is 34.1 Å². The zero-order valence-corrected chi connectivity index (χ0v) is 16.6. The summed E-state index contributed by atoms with van der Waals surface area (Å²) in [5.41, 5.74) is -0.618. The Labute approximate surface area is 167 Å². The highest BCUT2D eigenvalue weighted by atomic mass is 16.6. The summed E-state index contributed by atoms with van der Waals surface area (Å²) in [5.74, 6) is -0.0893. The number of amides is 1. The van der Waals surface area contributed by atoms with Gasteiger partial charge in [0.1, 0.15) is 11.4 Å². The van der Waals surface area contributed by atoms with Gasteiger partial charge in [-0.25, -0.2) is 4.79 Å². The molecule has 2 aromatic rings. The van der Waals surface area contributed by atoms with Crippen LogP contribution in [-0.4, -0.2) is 22.6 Å². The van der Waals surface area contributed by atoms with E-state index in [0.29, 0.717) is 5.75 Å². The average molecular weight is 402 g/mol. The number of esters is 1. The third-order valence-corrected chi connectivity index (χ3v) is 3.39. The number of non-ortho nitro benzene ring substituents is 1. The third kappa shape index (κ3) is 6.49. The molecule has 1 amide bonds. The molecule has 0 unspecified atom stereocenters. The molecule has 0 bridgehead atoms. The molecule has 0 aliphatic rings. The van der Waals surface area contributed by atoms with Gasteiger partial charge in [-0.1, -0.05) is 13.0 Å². The number of hydrogen-bond donors (Lipinski definition) is 1. The molecule has 1 N–H and O–H groups in total. The Morgan fingerprint density at radius 2 is 1.76 bits per heavy atom. The van der Waals surface area contributed by atoms with E-state index in [-0.39, 0.29) is 29.3 Å². The summed E-state index contributed by atoms with van der Waals surface area (Å²) in [6, 6.07) is 10.1. The summed E-state index contributed by atoms with van der Waals surface area (Å²) in [7, 11) is 0. The second-order valence-corrected chi connectivity index (χ2v) is 6.94. The number of carbonyl (C=O) groups is 2. The van der Waals surface area contributed by atoms with Crippen LogP contribution in [0.5, 0.6) is 17.2 Å². The second-order valence-electron chi connectivity index (χ2n) is 6.94. The minimum absolute atomic E-state index is 0.00330. The van der Waals surface area contributed by atoms with Crippen LogP contribution in [0.25, 0.3) is 0 Å². The zero-order chi connectivity index (χ0) is 21.6. The van der Waals surface area contributed by atoms with Crippen molar-refractivity contribution in [2.75, 3.05) is 5.32 Å². The zero-order valence-electron chi connectivity index (χ0n) is 16.6. The maximum Gasteiger partial charge on any atom is 0.412 e. The van der Waals surface area contributed by atoms with Crippen LogP contribution in [0.3, 0.4) is 0 Å². The molecule has 9 heteroatoms. The lowest BCUT2D eigenvalue weighted by Crippen LogP contribution is -2.27. The fraction of sp³-hybridized carbons (Fsp3) is 0.300. The number of ether oxygens (including phenoxy) is 3. The SMILES string of the molecule is CCC(=O)Oc1c(NC(=O)OC(C)(C)C)cccc1Oc1ccc([N+](=O)[O-])cc1. The van der Waals surface area contributed by atoms with Gasteiger partial charge in [-0.2, -0.15) is 0 Å². The highest BCUT2D eigenvalue weighted by Crippen LogP contribution is 2.39. The van der Waals surface area contributed by atoms with Crippen LogP contribution < -0.4 is 14.8 Å². The van der Waals surface area contributed by atoms with E-state index in [4.69, 9.17) is 14.2 Å². The van der Waals surface area contributed by atoms with Gasteiger partial charge in [-0.05, 0) is 45.0 Å². The van der Waals surface area contributed by atoms with Crippen LogP contribution in [0.15, 0.2) is 42.5 Å². The number of nitrogens with one attached hydrogen (secondary N) is 1. The number of carbonyl (C=O) groups excluding carboxylic acids is 2. The van der Waals surface area contributed by atoms with Gasteiger partial charge in [0.15, 0.2) is 11.5 Å². The van der Waals surface area contributed by atoms with Crippen LogP contribution in [0.2, 0.25) is 0 Å². The fourth-order valence-electron chi connectivity index (χ4n) is 2.16. The van der Waals surface area contributed by atoms with Crippen molar-refractivity contribution < 1.29 is 28.7 Å². The van der Waals surface area contributed by atoms with Crippen molar-refractivity contribution in [3.63, 3.8) is 0 Å². The van der Waals surface area contributed by atoms with Gasteiger partial charge < -0.3 is 14.2 Å². The molecule has 2 rings (SSSR count). The van der Waals surface area contributed by atoms with Crippen molar-refractivity contribution in [3.05, 3.63) is 52.6 Å². The number of nitrogens with zero attached hydrogens (tertiary/aromatic N) is 1. The monoisotopic (exact) mass is 402 g/mol. The molecular formula is C20H22N2O7. The summed E-state index contributed by atoms with van der Waals surface area (Å²) in [6.07, 6.45) is -0.614. The number of nitro benzene ring substituents is 1. The molecule has 29 heavy (non-hydrogen) atoms. The lowest BCUT2D eigenvalue weighted by Gasteiger charge is -2.21. The van der Waals surface area contributed by atoms with Crippen LogP contribution in [0.4, 0.5) is 16.2 Å². The Balaban J connectivity index is 2.34. The highest BCUT2D eigenvalue weighted by molar-refractivity contribution is 5.89. The van der Waals surface area contributed by atoms with Gasteiger partial charge in [0, 0.05) is 18.6 Å². The maximum absolute atomic E-state index is 12.1. The standard InChI is InChI=1S/C20H22N2O7/c1-5-17(23)28-18-15(21-19(24)29-20(2,3)4)7-6-8-16(18)27-14-11-9-13(10-12-14)22(25)26/h6-12H,5H2,1-4H3,(H,21,24). The van der Waals surface area contributed by atoms with Crippen LogP contribution in [-0.2, 0) is 9.53 Å². The lowest BCUT2D eigenvalue weighted by atomic mass is 10.2. The molecule has 2 aromatic carbocycles. The van der Waals surface area contributed by atoms with Crippen LogP contribution in [0, 0.1) is 10.1 Å². The van der Waals surface area contributed by atoms with Gasteiger partial charge in [-0.3, -0.25) is 20.2 Å². The number of rotatable bonds is 6. The van der Waals surface area contributed by atoms with Gasteiger partial charge in [0.25, 0.3) is 5.69 Å². The summed E-state index contributed by atoms with van der Waals surface area (Å²) >= 11 is 0. The summed E-state index contributed by atoms with van der Waals surface area (Å²) < 4.78 is 16.3. The Kier molecular flexibility index (Phi) is 6.76. The van der Waals surface area contributed by atoms with Crippen molar-refractivity contribution in [2.24, 2.45) is 0 Å². The largest absolute Gasteiger partial charge is 0.453 e. The molecule has 0 saturated heterocycles. The molecule has 0 spiro atoms. The Bertz CT molecular complexity index is 902. The first-order valence-corrected chi connectivity index (χ1v) is 8.85. The molecule has 154 valence electrons. The topological polar surface area (TPSA) is 117 Å². The Hall–Kier alpha value is -3.62. The fourth-order valence-corrected chi connectivity index (χ4v) is 2.16. The third-order valence-electron chi connectivity index (χ3n) is 3.39. The second kappa shape index (κ2) is 9.05. The molecule has 0 aromatic heterocycles. The van der Waals surface area contributed by atoms with E-state index in [1.54, 1.807) is 39.8 Å². The molecule has 0 fully saturated rings. The quantitative estimate of drug-likeness (QED) is 0.311. The number of nitro groups is 1. The van der Waals surface area contributed by atoms with Crippen LogP contribution >= 0.6 is 0 Å². The molecule has 0 radical (unpaired) electrons. The average Bonchev–Trinajstić information content (AvgIpc) is 2.63. The first-order valence-electron chi connectivity index (χ1n) is 8.85. The van der Waals surface area contributed by atoms with E-state index >= 15 is 0 Å². The summed E-state index contributed by atoms with van der Waals surface area (Å²) in [5, 5.41) is 13.3. The van der Waals surface area contributed by atoms with E-state index in [1.165, 1.54) is 30.3 Å². The Morgan fingerprint density at radius 1 is 1.10 bits per heavy atom.